The summed E-state index contributed by atoms with van der Waals surface area (Å²) in [7, 11) is -3.79. The Balaban J connectivity index is 2.04. The highest BCUT2D eigenvalue weighted by molar-refractivity contribution is 7.92. The summed E-state index contributed by atoms with van der Waals surface area (Å²) in [6, 6.07) is 9.35. The number of hydrogen-bond acceptors (Lipinski definition) is 3. The first-order chi connectivity index (χ1) is 10.4. The molecule has 0 saturated heterocycles. The third-order valence-electron chi connectivity index (χ3n) is 3.33. The van der Waals surface area contributed by atoms with Crippen molar-refractivity contribution in [3.63, 3.8) is 0 Å². The summed E-state index contributed by atoms with van der Waals surface area (Å²) in [4.78, 5) is 11.7. The highest BCUT2D eigenvalue weighted by Gasteiger charge is 2.18. The van der Waals surface area contributed by atoms with Crippen molar-refractivity contribution in [1.82, 2.24) is 10.2 Å². The van der Waals surface area contributed by atoms with Crippen LogP contribution >= 0.6 is 11.6 Å². The highest BCUT2D eigenvalue weighted by Crippen LogP contribution is 2.25. The van der Waals surface area contributed by atoms with E-state index in [1.807, 2.05) is 0 Å². The van der Waals surface area contributed by atoms with E-state index in [0.29, 0.717) is 27.2 Å². The normalized spacial score (nSPS) is 11.7. The van der Waals surface area contributed by atoms with E-state index in [1.165, 1.54) is 12.1 Å². The van der Waals surface area contributed by atoms with Gasteiger partial charge in [-0.3, -0.25) is 19.7 Å². The van der Waals surface area contributed by atoms with E-state index in [2.05, 4.69) is 14.9 Å². The van der Waals surface area contributed by atoms with Gasteiger partial charge in [0.05, 0.1) is 15.8 Å². The maximum Gasteiger partial charge on any atom is 0.271 e. The van der Waals surface area contributed by atoms with Gasteiger partial charge in [-0.1, -0.05) is 17.7 Å². The largest absolute Gasteiger partial charge is 0.298 e. The molecule has 0 radical (unpaired) electrons. The lowest BCUT2D eigenvalue weighted by Crippen LogP contribution is -2.14. The van der Waals surface area contributed by atoms with Crippen LogP contribution in [0.1, 0.15) is 5.56 Å². The summed E-state index contributed by atoms with van der Waals surface area (Å²) >= 11 is 5.97. The van der Waals surface area contributed by atoms with Crippen LogP contribution in [-0.4, -0.2) is 18.6 Å². The van der Waals surface area contributed by atoms with Crippen LogP contribution in [0.2, 0.25) is 5.02 Å². The molecule has 0 bridgehead atoms. The van der Waals surface area contributed by atoms with Gasteiger partial charge in [-0.2, -0.15) is 0 Å². The predicted molar refractivity (Wildman–Crippen MR) is 85.9 cm³/mol. The van der Waals surface area contributed by atoms with Gasteiger partial charge in [0.25, 0.3) is 15.6 Å². The molecule has 0 unspecified atom stereocenters. The van der Waals surface area contributed by atoms with Crippen molar-refractivity contribution in [3.05, 3.63) is 57.3 Å². The van der Waals surface area contributed by atoms with Gasteiger partial charge in [0.2, 0.25) is 0 Å². The van der Waals surface area contributed by atoms with Gasteiger partial charge in [-0.25, -0.2) is 8.42 Å². The standard InChI is InChI=1S/C14H12ClN3O3S/c1-8-11(15)3-2-4-13(8)22(20,21)18-9-5-6-12-10(7-9)14(19)17-16-12/h2-7,18H,1H3,(H2,16,17,19). The van der Waals surface area contributed by atoms with Crippen molar-refractivity contribution >= 4 is 38.2 Å². The Labute approximate surface area is 131 Å². The summed E-state index contributed by atoms with van der Waals surface area (Å²) in [6.07, 6.45) is 0. The lowest BCUT2D eigenvalue weighted by Gasteiger charge is -2.11. The smallest absolute Gasteiger partial charge is 0.271 e. The quantitative estimate of drug-likeness (QED) is 0.685. The maximum atomic E-state index is 12.5. The number of fused-ring (bicyclic) bond motifs is 1. The maximum absolute atomic E-state index is 12.5. The zero-order chi connectivity index (χ0) is 15.9. The molecule has 0 saturated carbocycles. The number of benzene rings is 2. The van der Waals surface area contributed by atoms with E-state index in [9.17, 15) is 13.2 Å². The number of anilines is 1. The third kappa shape index (κ3) is 2.49. The van der Waals surface area contributed by atoms with Crippen LogP contribution in [-0.2, 0) is 10.0 Å². The van der Waals surface area contributed by atoms with Gasteiger partial charge in [0, 0.05) is 10.7 Å². The van der Waals surface area contributed by atoms with Crippen molar-refractivity contribution in [2.45, 2.75) is 11.8 Å². The van der Waals surface area contributed by atoms with E-state index >= 15 is 0 Å². The minimum atomic E-state index is -3.79. The van der Waals surface area contributed by atoms with E-state index in [-0.39, 0.29) is 10.5 Å². The minimum Gasteiger partial charge on any atom is -0.298 e. The van der Waals surface area contributed by atoms with E-state index in [0.717, 1.165) is 0 Å². The summed E-state index contributed by atoms with van der Waals surface area (Å²) in [6.45, 7) is 1.64. The molecule has 0 amide bonds. The average molecular weight is 338 g/mol. The molecule has 0 aliphatic heterocycles. The molecule has 0 aliphatic rings. The predicted octanol–water partition coefficient (Wildman–Crippen LogP) is 2.62. The van der Waals surface area contributed by atoms with Gasteiger partial charge < -0.3 is 0 Å². The molecule has 3 aromatic rings. The Hall–Kier alpha value is -2.25. The SMILES string of the molecule is Cc1c(Cl)cccc1S(=O)(=O)Nc1ccc2[nH][nH]c(=O)c2c1. The molecule has 1 aromatic heterocycles. The number of halogens is 1. The molecule has 6 nitrogen and oxygen atoms in total. The molecule has 0 spiro atoms. The lowest BCUT2D eigenvalue weighted by atomic mass is 10.2. The molecule has 3 N–H and O–H groups in total. The number of hydrogen-bond donors (Lipinski definition) is 3. The van der Waals surface area contributed by atoms with Gasteiger partial charge in [0.1, 0.15) is 0 Å². The number of H-pyrrole nitrogens is 2. The van der Waals surface area contributed by atoms with E-state index < -0.39 is 10.0 Å². The summed E-state index contributed by atoms with van der Waals surface area (Å²) in [5.74, 6) is 0. The number of nitrogens with one attached hydrogen (secondary N) is 3. The molecule has 22 heavy (non-hydrogen) atoms. The summed E-state index contributed by atoms with van der Waals surface area (Å²) in [5.41, 5.74) is 1.07. The Bertz CT molecular complexity index is 1020. The second-order valence-corrected chi connectivity index (χ2v) is 6.87. The van der Waals surface area contributed by atoms with Crippen LogP contribution in [0.3, 0.4) is 0 Å². The van der Waals surface area contributed by atoms with Crippen LogP contribution in [0.25, 0.3) is 10.9 Å². The Kier molecular flexibility index (Phi) is 3.46. The number of rotatable bonds is 3. The molecule has 1 heterocycles. The van der Waals surface area contributed by atoms with Crippen molar-refractivity contribution in [1.29, 1.82) is 0 Å². The van der Waals surface area contributed by atoms with Crippen molar-refractivity contribution < 1.29 is 8.42 Å². The molecule has 114 valence electrons. The topological polar surface area (TPSA) is 94.8 Å². The van der Waals surface area contributed by atoms with E-state index in [4.69, 9.17) is 11.6 Å². The average Bonchev–Trinajstić information content (AvgIpc) is 2.82. The molecule has 2 aromatic carbocycles. The Morgan fingerprint density at radius 3 is 2.68 bits per heavy atom. The van der Waals surface area contributed by atoms with Gasteiger partial charge in [-0.15, -0.1) is 0 Å². The van der Waals surface area contributed by atoms with Crippen LogP contribution in [0, 0.1) is 6.92 Å². The summed E-state index contributed by atoms with van der Waals surface area (Å²) < 4.78 is 27.4. The van der Waals surface area contributed by atoms with Crippen molar-refractivity contribution in [2.24, 2.45) is 0 Å². The van der Waals surface area contributed by atoms with Crippen molar-refractivity contribution in [3.8, 4) is 0 Å². The molecular weight excluding hydrogens is 326 g/mol. The molecule has 0 aliphatic carbocycles. The van der Waals surface area contributed by atoms with Crippen LogP contribution in [0.4, 0.5) is 5.69 Å². The molecule has 8 heteroatoms. The van der Waals surface area contributed by atoms with Crippen LogP contribution < -0.4 is 10.3 Å². The monoisotopic (exact) mass is 337 g/mol. The minimum absolute atomic E-state index is 0.100. The van der Waals surface area contributed by atoms with Crippen LogP contribution in [0.15, 0.2) is 46.1 Å². The first-order valence-electron chi connectivity index (χ1n) is 6.37. The molecule has 0 fully saturated rings. The second kappa shape index (κ2) is 5.19. The Morgan fingerprint density at radius 1 is 1.14 bits per heavy atom. The molecule has 3 rings (SSSR count). The molecule has 0 atom stereocenters. The van der Waals surface area contributed by atoms with Gasteiger partial charge >= 0.3 is 0 Å². The lowest BCUT2D eigenvalue weighted by molar-refractivity contribution is 0.600. The number of aromatic nitrogens is 2. The third-order valence-corrected chi connectivity index (χ3v) is 5.27. The number of sulfonamides is 1. The fourth-order valence-electron chi connectivity index (χ4n) is 2.18. The molecular formula is C14H12ClN3O3S. The van der Waals surface area contributed by atoms with Crippen molar-refractivity contribution in [2.75, 3.05) is 4.72 Å². The van der Waals surface area contributed by atoms with Gasteiger partial charge in [-0.05, 0) is 42.8 Å². The highest BCUT2D eigenvalue weighted by atomic mass is 35.5. The first kappa shape index (κ1) is 14.7. The summed E-state index contributed by atoms with van der Waals surface area (Å²) in [5, 5.41) is 5.89. The Morgan fingerprint density at radius 2 is 1.91 bits per heavy atom. The van der Waals surface area contributed by atoms with Crippen LogP contribution in [0.5, 0.6) is 0 Å². The number of aromatic amines is 2. The zero-order valence-electron chi connectivity index (χ0n) is 11.5. The first-order valence-corrected chi connectivity index (χ1v) is 8.23. The fourth-order valence-corrected chi connectivity index (χ4v) is 3.73. The van der Waals surface area contributed by atoms with E-state index in [1.54, 1.807) is 31.2 Å². The second-order valence-electron chi connectivity index (χ2n) is 4.81. The van der Waals surface area contributed by atoms with Gasteiger partial charge in [0.15, 0.2) is 0 Å². The zero-order valence-corrected chi connectivity index (χ0v) is 13.0. The fraction of sp³-hybridized carbons (Fsp3) is 0.0714.